The first kappa shape index (κ1) is 23.0. The average Bonchev–Trinajstić information content (AvgIpc) is 3.09. The Labute approximate surface area is 199 Å². The third-order valence-electron chi connectivity index (χ3n) is 6.91. The van der Waals surface area contributed by atoms with Gasteiger partial charge in [-0.1, -0.05) is 29.3 Å². The maximum atomic E-state index is 6.23. The summed E-state index contributed by atoms with van der Waals surface area (Å²) in [5, 5.41) is 4.23. The van der Waals surface area contributed by atoms with Gasteiger partial charge in [-0.25, -0.2) is 4.99 Å². The molecule has 1 aliphatic carbocycles. The van der Waals surface area contributed by atoms with E-state index in [0.29, 0.717) is 22.0 Å². The summed E-state index contributed by atoms with van der Waals surface area (Å²) in [5.74, 6) is 1.92. The number of nitrogens with zero attached hydrogens (tertiary/aromatic N) is 2. The second-order valence-corrected chi connectivity index (χ2v) is 9.57. The molecule has 1 heterocycles. The number of halogens is 2. The van der Waals surface area contributed by atoms with Crippen LogP contribution in [0.3, 0.4) is 0 Å². The summed E-state index contributed by atoms with van der Waals surface area (Å²) in [7, 11) is 5.56. The van der Waals surface area contributed by atoms with Crippen molar-refractivity contribution in [2.24, 2.45) is 10.7 Å². The van der Waals surface area contributed by atoms with Gasteiger partial charge in [0.25, 0.3) is 0 Å². The quantitative estimate of drug-likeness (QED) is 0.472. The van der Waals surface area contributed by atoms with E-state index >= 15 is 0 Å². The van der Waals surface area contributed by atoms with Crippen LogP contribution in [0.15, 0.2) is 41.4 Å². The fraction of sp³-hybridized carbons (Fsp3) is 0.458. The SMILES string of the molecule is COc1ccc([C@@]23CC[C@@H](N=C(N)Nc4cc(Cl)cc(Cl)c4)C[C@@H]2N(C)CC3)cc1OC. The molecule has 0 aromatic heterocycles. The van der Waals surface area contributed by atoms with E-state index in [1.165, 1.54) is 5.56 Å². The van der Waals surface area contributed by atoms with Gasteiger partial charge in [0.1, 0.15) is 0 Å². The molecule has 2 aromatic rings. The fourth-order valence-corrected chi connectivity index (χ4v) is 5.89. The van der Waals surface area contributed by atoms with E-state index in [2.05, 4.69) is 29.4 Å². The number of hydrogen-bond acceptors (Lipinski definition) is 4. The molecule has 3 atom stereocenters. The van der Waals surface area contributed by atoms with Gasteiger partial charge in [-0.05, 0) is 75.2 Å². The zero-order chi connectivity index (χ0) is 22.9. The van der Waals surface area contributed by atoms with E-state index in [9.17, 15) is 0 Å². The van der Waals surface area contributed by atoms with Crippen LogP contribution in [0.4, 0.5) is 5.69 Å². The molecule has 0 amide bonds. The molecule has 1 saturated heterocycles. The molecule has 0 spiro atoms. The molecule has 32 heavy (non-hydrogen) atoms. The molecule has 0 unspecified atom stereocenters. The molecule has 3 N–H and O–H groups in total. The first-order valence-electron chi connectivity index (χ1n) is 10.8. The largest absolute Gasteiger partial charge is 0.493 e. The smallest absolute Gasteiger partial charge is 0.193 e. The van der Waals surface area contributed by atoms with Gasteiger partial charge in [0.05, 0.1) is 20.3 Å². The van der Waals surface area contributed by atoms with E-state index in [-0.39, 0.29) is 11.5 Å². The van der Waals surface area contributed by atoms with Crippen LogP contribution >= 0.6 is 23.2 Å². The van der Waals surface area contributed by atoms with Gasteiger partial charge in [-0.2, -0.15) is 0 Å². The number of ether oxygens (including phenoxy) is 2. The van der Waals surface area contributed by atoms with Crippen LogP contribution in [0.5, 0.6) is 11.5 Å². The van der Waals surface area contributed by atoms with E-state index in [1.54, 1.807) is 32.4 Å². The molecule has 172 valence electrons. The summed E-state index contributed by atoms with van der Waals surface area (Å²) in [4.78, 5) is 7.25. The van der Waals surface area contributed by atoms with E-state index in [1.807, 2.05) is 6.07 Å². The number of hydrogen-bond donors (Lipinski definition) is 2. The maximum absolute atomic E-state index is 6.23. The number of methoxy groups -OCH3 is 2. The summed E-state index contributed by atoms with van der Waals surface area (Å²) >= 11 is 12.2. The van der Waals surface area contributed by atoms with Gasteiger partial charge in [0.2, 0.25) is 0 Å². The molecule has 1 saturated carbocycles. The van der Waals surface area contributed by atoms with Gasteiger partial charge >= 0.3 is 0 Å². The van der Waals surface area contributed by atoms with Gasteiger partial charge in [0, 0.05) is 27.2 Å². The number of benzene rings is 2. The molecule has 2 aliphatic rings. The number of fused-ring (bicyclic) bond motifs is 1. The number of anilines is 1. The fourth-order valence-electron chi connectivity index (χ4n) is 5.36. The first-order chi connectivity index (χ1) is 15.3. The van der Waals surface area contributed by atoms with Gasteiger partial charge < -0.3 is 25.4 Å². The zero-order valence-corrected chi connectivity index (χ0v) is 20.2. The highest BCUT2D eigenvalue weighted by atomic mass is 35.5. The lowest BCUT2D eigenvalue weighted by Gasteiger charge is -2.44. The van der Waals surface area contributed by atoms with Crippen molar-refractivity contribution in [2.45, 2.75) is 43.2 Å². The number of likely N-dealkylation sites (N-methyl/N-ethyl adjacent to an activating group) is 1. The number of rotatable bonds is 5. The predicted molar refractivity (Wildman–Crippen MR) is 132 cm³/mol. The highest BCUT2D eigenvalue weighted by Crippen LogP contribution is 2.50. The lowest BCUT2D eigenvalue weighted by Crippen LogP contribution is -2.47. The van der Waals surface area contributed by atoms with Crippen LogP contribution in [-0.2, 0) is 5.41 Å². The molecular weight excluding hydrogens is 447 g/mol. The Kier molecular flexibility index (Phi) is 6.75. The van der Waals surface area contributed by atoms with Crippen molar-refractivity contribution in [1.82, 2.24) is 4.90 Å². The average molecular weight is 477 g/mol. The minimum Gasteiger partial charge on any atom is -0.493 e. The van der Waals surface area contributed by atoms with Crippen molar-refractivity contribution in [3.63, 3.8) is 0 Å². The Hall–Kier alpha value is -2.15. The molecular formula is C24H30Cl2N4O2. The second kappa shape index (κ2) is 9.38. The molecule has 4 rings (SSSR count). The molecule has 0 bridgehead atoms. The standard InChI is InChI=1S/C24H30Cl2N4O2/c1-30-9-8-24(15-4-5-20(31-2)21(10-15)32-3)7-6-18(14-22(24)30)28-23(27)29-19-12-16(25)11-17(26)13-19/h4-5,10-13,18,22H,6-9,14H2,1-3H3,(H3,27,28,29)/t18-,22+,24+/m1/s1. The van der Waals surface area contributed by atoms with Gasteiger partial charge in [0.15, 0.2) is 17.5 Å². The van der Waals surface area contributed by atoms with Crippen LogP contribution in [0.25, 0.3) is 0 Å². The topological polar surface area (TPSA) is 72.1 Å². The Morgan fingerprint density at radius 1 is 1.09 bits per heavy atom. The summed E-state index contributed by atoms with van der Waals surface area (Å²) in [5.41, 5.74) is 8.36. The Balaban J connectivity index is 1.54. The van der Waals surface area contributed by atoms with Crippen LogP contribution in [-0.4, -0.2) is 50.8 Å². The third kappa shape index (κ3) is 4.49. The van der Waals surface area contributed by atoms with Crippen LogP contribution in [0.1, 0.15) is 31.2 Å². The third-order valence-corrected chi connectivity index (χ3v) is 7.35. The van der Waals surface area contributed by atoms with Crippen molar-refractivity contribution >= 4 is 34.8 Å². The van der Waals surface area contributed by atoms with Crippen molar-refractivity contribution in [3.8, 4) is 11.5 Å². The Bertz CT molecular complexity index is 995. The second-order valence-electron chi connectivity index (χ2n) is 8.70. The predicted octanol–water partition coefficient (Wildman–Crippen LogP) is 4.93. The lowest BCUT2D eigenvalue weighted by molar-refractivity contribution is 0.168. The van der Waals surface area contributed by atoms with Crippen LogP contribution in [0, 0.1) is 0 Å². The molecule has 1 aliphatic heterocycles. The highest BCUT2D eigenvalue weighted by Gasteiger charge is 2.50. The number of aliphatic imine (C=N–C) groups is 1. The van der Waals surface area contributed by atoms with Crippen LogP contribution in [0.2, 0.25) is 10.0 Å². The number of likely N-dealkylation sites (tertiary alicyclic amines) is 1. The number of nitrogens with one attached hydrogen (secondary N) is 1. The molecule has 8 heteroatoms. The van der Waals surface area contributed by atoms with E-state index in [4.69, 9.17) is 43.4 Å². The molecule has 2 aromatic carbocycles. The highest BCUT2D eigenvalue weighted by molar-refractivity contribution is 6.35. The van der Waals surface area contributed by atoms with Crippen molar-refractivity contribution in [1.29, 1.82) is 0 Å². The zero-order valence-electron chi connectivity index (χ0n) is 18.7. The molecule has 0 radical (unpaired) electrons. The first-order valence-corrected chi connectivity index (χ1v) is 11.6. The maximum Gasteiger partial charge on any atom is 0.193 e. The van der Waals surface area contributed by atoms with Crippen molar-refractivity contribution in [2.75, 3.05) is 33.1 Å². The van der Waals surface area contributed by atoms with Crippen molar-refractivity contribution in [3.05, 3.63) is 52.0 Å². The summed E-state index contributed by atoms with van der Waals surface area (Å²) in [6, 6.07) is 12.1. The normalized spacial score (nSPS) is 26.0. The molecule has 2 fully saturated rings. The molecule has 6 nitrogen and oxygen atoms in total. The number of nitrogens with two attached hydrogens (primary N) is 1. The Morgan fingerprint density at radius 3 is 2.50 bits per heavy atom. The summed E-state index contributed by atoms with van der Waals surface area (Å²) < 4.78 is 11.0. The summed E-state index contributed by atoms with van der Waals surface area (Å²) in [6.07, 6.45) is 4.08. The van der Waals surface area contributed by atoms with E-state index in [0.717, 1.165) is 49.4 Å². The van der Waals surface area contributed by atoms with Gasteiger partial charge in [-0.3, -0.25) is 0 Å². The van der Waals surface area contributed by atoms with Crippen molar-refractivity contribution < 1.29 is 9.47 Å². The summed E-state index contributed by atoms with van der Waals surface area (Å²) in [6.45, 7) is 1.06. The van der Waals surface area contributed by atoms with E-state index < -0.39 is 0 Å². The van der Waals surface area contributed by atoms with Crippen LogP contribution < -0.4 is 20.5 Å². The number of guanidine groups is 1. The Morgan fingerprint density at radius 2 is 1.81 bits per heavy atom. The minimum atomic E-state index is 0.0863. The monoisotopic (exact) mass is 476 g/mol. The van der Waals surface area contributed by atoms with Gasteiger partial charge in [-0.15, -0.1) is 0 Å². The lowest BCUT2D eigenvalue weighted by atomic mass is 9.65. The minimum absolute atomic E-state index is 0.0863.